The first-order valence-electron chi connectivity index (χ1n) is 9.72. The highest BCUT2D eigenvalue weighted by molar-refractivity contribution is 7.14. The normalized spacial score (nSPS) is 10.6. The van der Waals surface area contributed by atoms with Crippen molar-refractivity contribution in [3.05, 3.63) is 53.4 Å². The van der Waals surface area contributed by atoms with Crippen LogP contribution in [0.3, 0.4) is 0 Å². The average molecular weight is 443 g/mol. The van der Waals surface area contributed by atoms with E-state index >= 15 is 0 Å². The van der Waals surface area contributed by atoms with Gasteiger partial charge in [0.15, 0.2) is 11.7 Å². The maximum atomic E-state index is 12.9. The second kappa shape index (κ2) is 10.8. The fourth-order valence-electron chi connectivity index (χ4n) is 2.89. The van der Waals surface area contributed by atoms with Crippen LogP contribution in [0.4, 0.5) is 5.13 Å². The minimum absolute atomic E-state index is 0.0931. The molecule has 0 spiro atoms. The van der Waals surface area contributed by atoms with Crippen molar-refractivity contribution in [2.45, 2.75) is 6.92 Å². The smallest absolute Gasteiger partial charge is 0.266 e. The van der Waals surface area contributed by atoms with Crippen LogP contribution < -0.4 is 19.1 Å². The third kappa shape index (κ3) is 5.74. The Hall–Kier alpha value is -3.10. The summed E-state index contributed by atoms with van der Waals surface area (Å²) in [5, 5.41) is 2.45. The number of amides is 1. The second-order valence-electron chi connectivity index (χ2n) is 6.72. The Morgan fingerprint density at radius 3 is 2.45 bits per heavy atom. The van der Waals surface area contributed by atoms with Gasteiger partial charge < -0.3 is 18.9 Å². The van der Waals surface area contributed by atoms with Crippen LogP contribution >= 0.6 is 11.3 Å². The van der Waals surface area contributed by atoms with Gasteiger partial charge in [0.25, 0.3) is 5.91 Å². The molecule has 0 fully saturated rings. The lowest BCUT2D eigenvalue weighted by atomic mass is 10.1. The molecule has 0 aliphatic rings. The quantitative estimate of drug-likeness (QED) is 0.469. The third-order valence-corrected chi connectivity index (χ3v) is 5.47. The van der Waals surface area contributed by atoms with E-state index in [0.29, 0.717) is 41.2 Å². The molecule has 1 aromatic heterocycles. The Kier molecular flexibility index (Phi) is 7.86. The van der Waals surface area contributed by atoms with E-state index in [1.54, 1.807) is 26.2 Å². The van der Waals surface area contributed by atoms with Crippen molar-refractivity contribution in [1.29, 1.82) is 0 Å². The highest BCUT2D eigenvalue weighted by atomic mass is 32.1. The number of hydrogen-bond acceptors (Lipinski definition) is 7. The number of carbonyl (C=O) groups excluding carboxylic acids is 1. The molecule has 3 rings (SSSR count). The van der Waals surface area contributed by atoms with Gasteiger partial charge in [-0.25, -0.2) is 4.98 Å². The summed E-state index contributed by atoms with van der Waals surface area (Å²) in [6, 6.07) is 13.1. The van der Waals surface area contributed by atoms with Gasteiger partial charge in [-0.05, 0) is 37.3 Å². The zero-order valence-electron chi connectivity index (χ0n) is 18.1. The number of ether oxygens (including phenoxy) is 4. The summed E-state index contributed by atoms with van der Waals surface area (Å²) in [6.45, 7) is 2.66. The lowest BCUT2D eigenvalue weighted by molar-refractivity contribution is -0.120. The second-order valence-corrected chi connectivity index (χ2v) is 7.56. The molecule has 0 aliphatic heterocycles. The van der Waals surface area contributed by atoms with E-state index in [2.05, 4.69) is 4.98 Å². The molecular formula is C23H26N2O5S. The predicted octanol–water partition coefficient (Wildman–Crippen LogP) is 4.19. The van der Waals surface area contributed by atoms with Crippen LogP contribution in [0.15, 0.2) is 47.8 Å². The molecular weight excluding hydrogens is 416 g/mol. The molecule has 8 heteroatoms. The van der Waals surface area contributed by atoms with Crippen LogP contribution in [0.5, 0.6) is 17.2 Å². The third-order valence-electron chi connectivity index (χ3n) is 4.61. The molecule has 31 heavy (non-hydrogen) atoms. The SMILES string of the molecule is COCCN(C(=O)COc1ccc(C)cc1)c1nc(-c2cc(OC)ccc2OC)cs1. The van der Waals surface area contributed by atoms with Crippen molar-refractivity contribution in [1.82, 2.24) is 4.98 Å². The molecule has 0 unspecified atom stereocenters. The Balaban J connectivity index is 1.80. The van der Waals surface area contributed by atoms with E-state index in [9.17, 15) is 4.79 Å². The maximum Gasteiger partial charge on any atom is 0.266 e. The van der Waals surface area contributed by atoms with Crippen LogP contribution in [0.25, 0.3) is 11.3 Å². The molecule has 2 aromatic carbocycles. The molecule has 0 atom stereocenters. The Morgan fingerprint density at radius 2 is 1.77 bits per heavy atom. The van der Waals surface area contributed by atoms with E-state index in [4.69, 9.17) is 18.9 Å². The number of hydrogen-bond donors (Lipinski definition) is 0. The van der Waals surface area contributed by atoms with E-state index < -0.39 is 0 Å². The zero-order valence-corrected chi connectivity index (χ0v) is 18.9. The number of nitrogens with zero attached hydrogens (tertiary/aromatic N) is 2. The predicted molar refractivity (Wildman–Crippen MR) is 122 cm³/mol. The first-order valence-corrected chi connectivity index (χ1v) is 10.6. The number of thiazole rings is 1. The highest BCUT2D eigenvalue weighted by Gasteiger charge is 2.21. The number of benzene rings is 2. The largest absolute Gasteiger partial charge is 0.497 e. The highest BCUT2D eigenvalue weighted by Crippen LogP contribution is 2.36. The summed E-state index contributed by atoms with van der Waals surface area (Å²) in [7, 11) is 4.81. The first-order chi connectivity index (χ1) is 15.0. The van der Waals surface area contributed by atoms with Gasteiger partial charge in [0.2, 0.25) is 0 Å². The van der Waals surface area contributed by atoms with Crippen molar-refractivity contribution in [3.63, 3.8) is 0 Å². The van der Waals surface area contributed by atoms with Crippen molar-refractivity contribution >= 4 is 22.4 Å². The minimum atomic E-state index is -0.198. The van der Waals surface area contributed by atoms with Gasteiger partial charge in [-0.3, -0.25) is 9.69 Å². The summed E-state index contributed by atoms with van der Waals surface area (Å²) in [6.07, 6.45) is 0. The van der Waals surface area contributed by atoms with Gasteiger partial charge in [0.05, 0.1) is 33.1 Å². The monoisotopic (exact) mass is 442 g/mol. The lowest BCUT2D eigenvalue weighted by Gasteiger charge is -2.19. The number of aromatic nitrogens is 1. The molecule has 0 saturated carbocycles. The maximum absolute atomic E-state index is 12.9. The van der Waals surface area contributed by atoms with Crippen LogP contribution in [-0.4, -0.2) is 52.0 Å². The molecule has 0 aliphatic carbocycles. The Bertz CT molecular complexity index is 1000. The molecule has 3 aromatic rings. The number of methoxy groups -OCH3 is 3. The summed E-state index contributed by atoms with van der Waals surface area (Å²) < 4.78 is 21.6. The standard InChI is InChI=1S/C23H26N2O5S/c1-16-5-7-17(8-6-16)30-14-22(26)25(11-12-27-2)23-24-20(15-31-23)19-13-18(28-3)9-10-21(19)29-4/h5-10,13,15H,11-12,14H2,1-4H3. The van der Waals surface area contributed by atoms with Gasteiger partial charge in [-0.2, -0.15) is 0 Å². The van der Waals surface area contributed by atoms with E-state index in [-0.39, 0.29) is 12.5 Å². The zero-order chi connectivity index (χ0) is 22.2. The first kappa shape index (κ1) is 22.6. The van der Waals surface area contributed by atoms with E-state index in [1.807, 2.05) is 54.8 Å². The minimum Gasteiger partial charge on any atom is -0.497 e. The lowest BCUT2D eigenvalue weighted by Crippen LogP contribution is -2.37. The van der Waals surface area contributed by atoms with Crippen LogP contribution in [0.2, 0.25) is 0 Å². The van der Waals surface area contributed by atoms with Crippen LogP contribution in [-0.2, 0) is 9.53 Å². The molecule has 7 nitrogen and oxygen atoms in total. The van der Waals surface area contributed by atoms with Crippen molar-refractivity contribution in [2.24, 2.45) is 0 Å². The van der Waals surface area contributed by atoms with E-state index in [0.717, 1.165) is 11.1 Å². The molecule has 0 radical (unpaired) electrons. The van der Waals surface area contributed by atoms with Crippen LogP contribution in [0, 0.1) is 6.92 Å². The Morgan fingerprint density at radius 1 is 1.03 bits per heavy atom. The van der Waals surface area contributed by atoms with Gasteiger partial charge >= 0.3 is 0 Å². The fraction of sp³-hybridized carbons (Fsp3) is 0.304. The van der Waals surface area contributed by atoms with Gasteiger partial charge in [0, 0.05) is 18.1 Å². The number of rotatable bonds is 10. The fourth-order valence-corrected chi connectivity index (χ4v) is 3.76. The summed E-state index contributed by atoms with van der Waals surface area (Å²) in [5.41, 5.74) is 2.62. The molecule has 0 N–H and O–H groups in total. The number of aryl methyl sites for hydroxylation is 1. The summed E-state index contributed by atoms with van der Waals surface area (Å²) >= 11 is 1.37. The number of anilines is 1. The van der Waals surface area contributed by atoms with Crippen molar-refractivity contribution < 1.29 is 23.7 Å². The molecule has 164 valence electrons. The molecule has 0 saturated heterocycles. The topological polar surface area (TPSA) is 70.1 Å². The van der Waals surface area contributed by atoms with Gasteiger partial charge in [0.1, 0.15) is 17.2 Å². The summed E-state index contributed by atoms with van der Waals surface area (Å²) in [5.74, 6) is 1.82. The van der Waals surface area contributed by atoms with Crippen molar-refractivity contribution in [2.75, 3.05) is 46.0 Å². The van der Waals surface area contributed by atoms with Crippen molar-refractivity contribution in [3.8, 4) is 28.5 Å². The van der Waals surface area contributed by atoms with Gasteiger partial charge in [-0.15, -0.1) is 11.3 Å². The summed E-state index contributed by atoms with van der Waals surface area (Å²) in [4.78, 5) is 19.2. The van der Waals surface area contributed by atoms with Crippen LogP contribution in [0.1, 0.15) is 5.56 Å². The van der Waals surface area contributed by atoms with Gasteiger partial charge in [-0.1, -0.05) is 17.7 Å². The Labute approximate surface area is 186 Å². The molecule has 0 bridgehead atoms. The number of carbonyl (C=O) groups is 1. The molecule has 1 amide bonds. The average Bonchev–Trinajstić information content (AvgIpc) is 3.28. The molecule has 1 heterocycles. The van der Waals surface area contributed by atoms with E-state index in [1.165, 1.54) is 11.3 Å².